The SMILES string of the molecule is CC(C)CC(N)C(O)c1cccc(Cl)c1. The van der Waals surface area contributed by atoms with Crippen LogP contribution in [0, 0.1) is 5.92 Å². The van der Waals surface area contributed by atoms with Crippen LogP contribution in [0.5, 0.6) is 0 Å². The van der Waals surface area contributed by atoms with Gasteiger partial charge in [0.05, 0.1) is 6.10 Å². The molecule has 0 fully saturated rings. The van der Waals surface area contributed by atoms with Gasteiger partial charge in [-0.1, -0.05) is 37.6 Å². The normalized spacial score (nSPS) is 15.3. The first-order valence-electron chi connectivity index (χ1n) is 5.20. The molecule has 84 valence electrons. The summed E-state index contributed by atoms with van der Waals surface area (Å²) in [6.07, 6.45) is 0.166. The molecule has 0 radical (unpaired) electrons. The fourth-order valence-corrected chi connectivity index (χ4v) is 1.81. The van der Waals surface area contributed by atoms with Crippen molar-refractivity contribution in [2.45, 2.75) is 32.4 Å². The van der Waals surface area contributed by atoms with Gasteiger partial charge in [0.2, 0.25) is 0 Å². The molecule has 1 aromatic carbocycles. The first-order valence-corrected chi connectivity index (χ1v) is 5.57. The first kappa shape index (κ1) is 12.5. The number of hydrogen-bond donors (Lipinski definition) is 2. The summed E-state index contributed by atoms with van der Waals surface area (Å²) in [6, 6.07) is 6.97. The van der Waals surface area contributed by atoms with E-state index in [4.69, 9.17) is 17.3 Å². The van der Waals surface area contributed by atoms with E-state index in [1.807, 2.05) is 12.1 Å². The number of hydrogen-bond acceptors (Lipinski definition) is 2. The van der Waals surface area contributed by atoms with E-state index in [9.17, 15) is 5.11 Å². The number of benzene rings is 1. The van der Waals surface area contributed by atoms with Gasteiger partial charge in [-0.2, -0.15) is 0 Å². The van der Waals surface area contributed by atoms with Crippen LogP contribution in [0.4, 0.5) is 0 Å². The molecular weight excluding hydrogens is 210 g/mol. The van der Waals surface area contributed by atoms with Gasteiger partial charge in [0.1, 0.15) is 0 Å². The van der Waals surface area contributed by atoms with Crippen molar-refractivity contribution >= 4 is 11.6 Å². The summed E-state index contributed by atoms with van der Waals surface area (Å²) in [5.74, 6) is 0.480. The zero-order valence-corrected chi connectivity index (χ0v) is 9.91. The molecule has 0 spiro atoms. The lowest BCUT2D eigenvalue weighted by molar-refractivity contribution is 0.136. The Morgan fingerprint density at radius 1 is 1.40 bits per heavy atom. The van der Waals surface area contributed by atoms with Gasteiger partial charge in [0.15, 0.2) is 0 Å². The standard InChI is InChI=1S/C12H18ClNO/c1-8(2)6-11(14)12(15)9-4-3-5-10(13)7-9/h3-5,7-8,11-12,15H,6,14H2,1-2H3. The third-order valence-corrected chi connectivity index (χ3v) is 2.57. The summed E-state index contributed by atoms with van der Waals surface area (Å²) in [4.78, 5) is 0. The molecule has 0 aliphatic heterocycles. The van der Waals surface area contributed by atoms with E-state index < -0.39 is 6.10 Å². The molecule has 0 aliphatic rings. The molecule has 15 heavy (non-hydrogen) atoms. The molecule has 0 saturated carbocycles. The molecular formula is C12H18ClNO. The molecule has 2 atom stereocenters. The Morgan fingerprint density at radius 2 is 2.07 bits per heavy atom. The third kappa shape index (κ3) is 3.82. The minimum absolute atomic E-state index is 0.233. The van der Waals surface area contributed by atoms with Crippen molar-refractivity contribution < 1.29 is 5.11 Å². The van der Waals surface area contributed by atoms with Crippen LogP contribution >= 0.6 is 11.6 Å². The van der Waals surface area contributed by atoms with E-state index in [1.54, 1.807) is 12.1 Å². The topological polar surface area (TPSA) is 46.2 Å². The second kappa shape index (κ2) is 5.50. The quantitative estimate of drug-likeness (QED) is 0.831. The molecule has 0 heterocycles. The summed E-state index contributed by atoms with van der Waals surface area (Å²) < 4.78 is 0. The Morgan fingerprint density at radius 3 is 2.60 bits per heavy atom. The third-order valence-electron chi connectivity index (χ3n) is 2.34. The highest BCUT2D eigenvalue weighted by molar-refractivity contribution is 6.30. The van der Waals surface area contributed by atoms with Gasteiger partial charge < -0.3 is 10.8 Å². The van der Waals surface area contributed by atoms with Crippen LogP contribution in [0.2, 0.25) is 5.02 Å². The Balaban J connectivity index is 2.71. The second-order valence-electron chi connectivity index (χ2n) is 4.29. The number of halogens is 1. The Labute approximate surface area is 96.1 Å². The maximum absolute atomic E-state index is 9.98. The molecule has 0 amide bonds. The fourth-order valence-electron chi connectivity index (χ4n) is 1.61. The van der Waals surface area contributed by atoms with Crippen molar-refractivity contribution in [3.8, 4) is 0 Å². The highest BCUT2D eigenvalue weighted by Crippen LogP contribution is 2.22. The molecule has 0 aliphatic carbocycles. The van der Waals surface area contributed by atoms with Crippen molar-refractivity contribution in [3.05, 3.63) is 34.9 Å². The highest BCUT2D eigenvalue weighted by Gasteiger charge is 2.17. The van der Waals surface area contributed by atoms with E-state index in [0.29, 0.717) is 10.9 Å². The number of nitrogens with two attached hydrogens (primary N) is 1. The average molecular weight is 228 g/mol. The Hall–Kier alpha value is -0.570. The fraction of sp³-hybridized carbons (Fsp3) is 0.500. The van der Waals surface area contributed by atoms with Crippen LogP contribution in [-0.2, 0) is 0 Å². The van der Waals surface area contributed by atoms with Crippen molar-refractivity contribution in [2.24, 2.45) is 11.7 Å². The zero-order chi connectivity index (χ0) is 11.4. The van der Waals surface area contributed by atoms with Crippen LogP contribution in [-0.4, -0.2) is 11.1 Å². The van der Waals surface area contributed by atoms with Gasteiger partial charge in [-0.05, 0) is 30.0 Å². The summed E-state index contributed by atoms with van der Waals surface area (Å²) in [5, 5.41) is 10.6. The summed E-state index contributed by atoms with van der Waals surface area (Å²) >= 11 is 5.85. The predicted molar refractivity (Wildman–Crippen MR) is 63.8 cm³/mol. The lowest BCUT2D eigenvalue weighted by Gasteiger charge is -2.20. The van der Waals surface area contributed by atoms with Gasteiger partial charge in [-0.15, -0.1) is 0 Å². The van der Waals surface area contributed by atoms with E-state index in [-0.39, 0.29) is 6.04 Å². The lowest BCUT2D eigenvalue weighted by atomic mass is 9.95. The van der Waals surface area contributed by atoms with Gasteiger partial charge in [-0.25, -0.2) is 0 Å². The monoisotopic (exact) mass is 227 g/mol. The van der Waals surface area contributed by atoms with Gasteiger partial charge in [0, 0.05) is 11.1 Å². The van der Waals surface area contributed by atoms with Crippen molar-refractivity contribution in [1.29, 1.82) is 0 Å². The van der Waals surface area contributed by atoms with Crippen molar-refractivity contribution in [1.82, 2.24) is 0 Å². The molecule has 0 bridgehead atoms. The highest BCUT2D eigenvalue weighted by atomic mass is 35.5. The lowest BCUT2D eigenvalue weighted by Crippen LogP contribution is -2.29. The van der Waals surface area contributed by atoms with Gasteiger partial charge >= 0.3 is 0 Å². The van der Waals surface area contributed by atoms with E-state index in [0.717, 1.165) is 12.0 Å². The molecule has 1 aromatic rings. The first-order chi connectivity index (χ1) is 7.00. The maximum atomic E-state index is 9.98. The van der Waals surface area contributed by atoms with Crippen molar-refractivity contribution in [2.75, 3.05) is 0 Å². The smallest absolute Gasteiger partial charge is 0.0941 e. The molecule has 0 saturated heterocycles. The minimum Gasteiger partial charge on any atom is -0.387 e. The molecule has 3 N–H and O–H groups in total. The average Bonchev–Trinajstić information content (AvgIpc) is 2.15. The molecule has 2 nitrogen and oxygen atoms in total. The van der Waals surface area contributed by atoms with Gasteiger partial charge in [0.25, 0.3) is 0 Å². The van der Waals surface area contributed by atoms with Crippen LogP contribution in [0.15, 0.2) is 24.3 Å². The summed E-state index contributed by atoms with van der Waals surface area (Å²) in [5.41, 5.74) is 6.69. The molecule has 1 rings (SSSR count). The second-order valence-corrected chi connectivity index (χ2v) is 4.73. The van der Waals surface area contributed by atoms with E-state index >= 15 is 0 Å². The minimum atomic E-state index is -0.633. The number of aliphatic hydroxyl groups is 1. The Kier molecular flexibility index (Phi) is 4.58. The Bertz CT molecular complexity index is 314. The number of rotatable bonds is 4. The summed E-state index contributed by atoms with van der Waals surface area (Å²) in [7, 11) is 0. The van der Waals surface area contributed by atoms with Crippen LogP contribution < -0.4 is 5.73 Å². The maximum Gasteiger partial charge on any atom is 0.0941 e. The van der Waals surface area contributed by atoms with Crippen LogP contribution in [0.3, 0.4) is 0 Å². The molecule has 2 unspecified atom stereocenters. The van der Waals surface area contributed by atoms with Crippen LogP contribution in [0.25, 0.3) is 0 Å². The van der Waals surface area contributed by atoms with E-state index in [1.165, 1.54) is 0 Å². The molecule has 3 heteroatoms. The van der Waals surface area contributed by atoms with Crippen molar-refractivity contribution in [3.63, 3.8) is 0 Å². The predicted octanol–water partition coefficient (Wildman–Crippen LogP) is 2.75. The van der Waals surface area contributed by atoms with Crippen LogP contribution in [0.1, 0.15) is 31.9 Å². The van der Waals surface area contributed by atoms with E-state index in [2.05, 4.69) is 13.8 Å². The largest absolute Gasteiger partial charge is 0.387 e. The number of aliphatic hydroxyl groups excluding tert-OH is 1. The molecule has 0 aromatic heterocycles. The van der Waals surface area contributed by atoms with Gasteiger partial charge in [-0.3, -0.25) is 0 Å². The summed E-state index contributed by atoms with van der Waals surface area (Å²) in [6.45, 7) is 4.18. The zero-order valence-electron chi connectivity index (χ0n) is 9.15.